The lowest BCUT2D eigenvalue weighted by atomic mass is 9.96. The fourth-order valence-electron chi connectivity index (χ4n) is 4.05. The number of nitrogens with one attached hydrogen (secondary N) is 1. The van der Waals surface area contributed by atoms with Crippen LogP contribution in [0.15, 0.2) is 18.2 Å². The van der Waals surface area contributed by atoms with Gasteiger partial charge in [-0.1, -0.05) is 25.1 Å². The second kappa shape index (κ2) is 7.89. The van der Waals surface area contributed by atoms with E-state index in [1.165, 1.54) is 16.8 Å². The van der Waals surface area contributed by atoms with Gasteiger partial charge in [-0.05, 0) is 43.2 Å². The van der Waals surface area contributed by atoms with Crippen LogP contribution in [0.25, 0.3) is 0 Å². The second-order valence-electron chi connectivity index (χ2n) is 7.15. The van der Waals surface area contributed by atoms with Crippen LogP contribution < -0.4 is 10.2 Å². The predicted octanol–water partition coefficient (Wildman–Crippen LogP) is 2.13. The highest BCUT2D eigenvalue weighted by atomic mass is 16.2. The fraction of sp³-hybridized carbons (Fsp3) is 0.600. The largest absolute Gasteiger partial charge is 0.362 e. The fourth-order valence-corrected chi connectivity index (χ4v) is 4.05. The van der Waals surface area contributed by atoms with Gasteiger partial charge < -0.3 is 15.1 Å². The normalized spacial score (nSPS) is 18.0. The van der Waals surface area contributed by atoms with Crippen LogP contribution in [0.2, 0.25) is 0 Å². The van der Waals surface area contributed by atoms with Crippen LogP contribution >= 0.6 is 0 Å². The number of fused-ring (bicyclic) bond motifs is 1. The molecule has 1 fully saturated rings. The Kier molecular flexibility index (Phi) is 5.61. The molecule has 0 aliphatic carbocycles. The number of carbonyl (C=O) groups excluding carboxylic acids is 2. The first-order valence-corrected chi connectivity index (χ1v) is 9.49. The molecule has 1 aromatic carbocycles. The van der Waals surface area contributed by atoms with E-state index in [1.54, 1.807) is 6.92 Å². The molecular formula is C20H29N3O2. The van der Waals surface area contributed by atoms with E-state index in [2.05, 4.69) is 35.3 Å². The van der Waals surface area contributed by atoms with E-state index in [0.717, 1.165) is 51.7 Å². The molecule has 0 saturated carbocycles. The number of para-hydroxylation sites is 1. The van der Waals surface area contributed by atoms with Gasteiger partial charge in [-0.2, -0.15) is 0 Å². The maximum atomic E-state index is 12.6. The molecule has 0 atom stereocenters. The number of hydrogen-bond donors (Lipinski definition) is 1. The molecule has 136 valence electrons. The molecule has 0 radical (unpaired) electrons. The van der Waals surface area contributed by atoms with E-state index < -0.39 is 0 Å². The molecule has 5 nitrogen and oxygen atoms in total. The van der Waals surface area contributed by atoms with Gasteiger partial charge >= 0.3 is 0 Å². The summed E-state index contributed by atoms with van der Waals surface area (Å²) in [5, 5.41) is 3.18. The molecule has 2 aliphatic rings. The lowest BCUT2D eigenvalue weighted by Crippen LogP contribution is -2.49. The van der Waals surface area contributed by atoms with Crippen molar-refractivity contribution in [1.82, 2.24) is 10.2 Å². The van der Waals surface area contributed by atoms with Crippen molar-refractivity contribution in [3.8, 4) is 0 Å². The molecule has 2 aliphatic heterocycles. The topological polar surface area (TPSA) is 52.7 Å². The SMILES string of the molecule is CCc1cccc2c1N(CC(=O)NC1CCN(C(C)=O)CC1)CCC2. The Morgan fingerprint density at radius 1 is 1.20 bits per heavy atom. The number of aryl methyl sites for hydroxylation is 2. The first kappa shape index (κ1) is 17.8. The Balaban J connectivity index is 1.59. The van der Waals surface area contributed by atoms with Crippen molar-refractivity contribution in [2.75, 3.05) is 31.1 Å². The van der Waals surface area contributed by atoms with Gasteiger partial charge in [0.2, 0.25) is 11.8 Å². The Bertz CT molecular complexity index is 622. The summed E-state index contributed by atoms with van der Waals surface area (Å²) in [7, 11) is 0. The van der Waals surface area contributed by atoms with Crippen LogP contribution in [0, 0.1) is 0 Å². The number of carbonyl (C=O) groups is 2. The zero-order valence-electron chi connectivity index (χ0n) is 15.4. The molecule has 0 aromatic heterocycles. The Morgan fingerprint density at radius 3 is 2.64 bits per heavy atom. The van der Waals surface area contributed by atoms with Crippen molar-refractivity contribution < 1.29 is 9.59 Å². The van der Waals surface area contributed by atoms with Gasteiger partial charge in [0.05, 0.1) is 6.54 Å². The summed E-state index contributed by atoms with van der Waals surface area (Å²) in [5.41, 5.74) is 3.98. The van der Waals surface area contributed by atoms with Crippen LogP contribution in [0.4, 0.5) is 5.69 Å². The van der Waals surface area contributed by atoms with Gasteiger partial charge in [0.1, 0.15) is 0 Å². The quantitative estimate of drug-likeness (QED) is 0.911. The van der Waals surface area contributed by atoms with Gasteiger partial charge in [0.15, 0.2) is 0 Å². The summed E-state index contributed by atoms with van der Waals surface area (Å²) in [6.07, 6.45) is 4.89. The highest BCUT2D eigenvalue weighted by molar-refractivity contribution is 5.82. The third-order valence-electron chi connectivity index (χ3n) is 5.41. The molecule has 0 spiro atoms. The number of hydrogen-bond acceptors (Lipinski definition) is 3. The molecule has 1 aromatic rings. The van der Waals surface area contributed by atoms with Crippen molar-refractivity contribution in [3.05, 3.63) is 29.3 Å². The van der Waals surface area contributed by atoms with Crippen LogP contribution in [-0.2, 0) is 22.4 Å². The minimum absolute atomic E-state index is 0.0973. The number of amides is 2. The van der Waals surface area contributed by atoms with E-state index in [9.17, 15) is 9.59 Å². The van der Waals surface area contributed by atoms with Crippen LogP contribution in [0.1, 0.15) is 44.2 Å². The highest BCUT2D eigenvalue weighted by Gasteiger charge is 2.25. The second-order valence-corrected chi connectivity index (χ2v) is 7.15. The van der Waals surface area contributed by atoms with Crippen molar-refractivity contribution >= 4 is 17.5 Å². The number of likely N-dealkylation sites (tertiary alicyclic amines) is 1. The number of nitrogens with zero attached hydrogens (tertiary/aromatic N) is 2. The molecule has 0 bridgehead atoms. The molecule has 0 unspecified atom stereocenters. The maximum absolute atomic E-state index is 12.6. The first-order valence-electron chi connectivity index (χ1n) is 9.49. The summed E-state index contributed by atoms with van der Waals surface area (Å²) in [6, 6.07) is 6.68. The van der Waals surface area contributed by atoms with Gasteiger partial charge in [-0.15, -0.1) is 0 Å². The van der Waals surface area contributed by atoms with E-state index in [0.29, 0.717) is 6.54 Å². The average molecular weight is 343 g/mol. The van der Waals surface area contributed by atoms with E-state index >= 15 is 0 Å². The van der Waals surface area contributed by atoms with Crippen molar-refractivity contribution in [2.45, 2.75) is 52.0 Å². The Hall–Kier alpha value is -2.04. The van der Waals surface area contributed by atoms with E-state index in [1.807, 2.05) is 4.90 Å². The molecule has 1 saturated heterocycles. The first-order chi connectivity index (χ1) is 12.1. The molecule has 2 heterocycles. The van der Waals surface area contributed by atoms with Crippen LogP contribution in [0.5, 0.6) is 0 Å². The minimum atomic E-state index is 0.0973. The van der Waals surface area contributed by atoms with Crippen molar-refractivity contribution in [3.63, 3.8) is 0 Å². The van der Waals surface area contributed by atoms with Crippen molar-refractivity contribution in [1.29, 1.82) is 0 Å². The summed E-state index contributed by atoms with van der Waals surface area (Å²) in [5.74, 6) is 0.224. The lowest BCUT2D eigenvalue weighted by Gasteiger charge is -2.34. The third kappa shape index (κ3) is 4.14. The van der Waals surface area contributed by atoms with Crippen LogP contribution in [-0.4, -0.2) is 48.9 Å². The summed E-state index contributed by atoms with van der Waals surface area (Å²) in [4.78, 5) is 28.1. The monoisotopic (exact) mass is 343 g/mol. The van der Waals surface area contributed by atoms with Gasteiger partial charge in [-0.25, -0.2) is 0 Å². The number of benzene rings is 1. The molecule has 25 heavy (non-hydrogen) atoms. The minimum Gasteiger partial charge on any atom is -0.362 e. The zero-order chi connectivity index (χ0) is 17.8. The lowest BCUT2D eigenvalue weighted by molar-refractivity contribution is -0.130. The molecular weight excluding hydrogens is 314 g/mol. The number of piperidine rings is 1. The van der Waals surface area contributed by atoms with E-state index in [4.69, 9.17) is 0 Å². The Labute approximate surface area is 150 Å². The number of rotatable bonds is 4. The highest BCUT2D eigenvalue weighted by Crippen LogP contribution is 2.31. The van der Waals surface area contributed by atoms with Gasteiger partial charge in [0, 0.05) is 38.3 Å². The van der Waals surface area contributed by atoms with Gasteiger partial charge in [0.25, 0.3) is 0 Å². The van der Waals surface area contributed by atoms with Gasteiger partial charge in [-0.3, -0.25) is 9.59 Å². The third-order valence-corrected chi connectivity index (χ3v) is 5.41. The standard InChI is InChI=1S/C20H29N3O2/c1-3-16-6-4-7-17-8-5-11-23(20(16)17)14-19(25)21-18-9-12-22(13-10-18)15(2)24/h4,6-7,18H,3,5,8-14H2,1-2H3,(H,21,25). The average Bonchev–Trinajstić information content (AvgIpc) is 2.61. The molecule has 1 N–H and O–H groups in total. The van der Waals surface area contributed by atoms with Crippen LogP contribution in [0.3, 0.4) is 0 Å². The summed E-state index contributed by atoms with van der Waals surface area (Å²) in [6.45, 7) is 6.64. The summed E-state index contributed by atoms with van der Waals surface area (Å²) >= 11 is 0. The smallest absolute Gasteiger partial charge is 0.239 e. The predicted molar refractivity (Wildman–Crippen MR) is 99.8 cm³/mol. The molecule has 5 heteroatoms. The summed E-state index contributed by atoms with van der Waals surface area (Å²) < 4.78 is 0. The molecule has 3 rings (SSSR count). The Morgan fingerprint density at radius 2 is 1.96 bits per heavy atom. The number of anilines is 1. The van der Waals surface area contributed by atoms with E-state index in [-0.39, 0.29) is 17.9 Å². The molecule has 2 amide bonds. The van der Waals surface area contributed by atoms with Crippen molar-refractivity contribution in [2.24, 2.45) is 0 Å². The maximum Gasteiger partial charge on any atom is 0.239 e. The zero-order valence-corrected chi connectivity index (χ0v) is 15.4.